The van der Waals surface area contributed by atoms with Crippen molar-refractivity contribution in [1.82, 2.24) is 14.4 Å². The maximum atomic E-state index is 14.5. The van der Waals surface area contributed by atoms with E-state index in [4.69, 9.17) is 0 Å². The molecule has 1 aliphatic rings. The number of halogens is 2. The highest BCUT2D eigenvalue weighted by atomic mass is 32.2. The summed E-state index contributed by atoms with van der Waals surface area (Å²) in [7, 11) is 2.60. The summed E-state index contributed by atoms with van der Waals surface area (Å²) in [5, 5.41) is 12.3. The summed E-state index contributed by atoms with van der Waals surface area (Å²) in [6.07, 6.45) is 1.44. The van der Waals surface area contributed by atoms with Crippen molar-refractivity contribution >= 4 is 40.0 Å². The Morgan fingerprint density at radius 1 is 1.12 bits per heavy atom. The minimum Gasteiger partial charge on any atom is -0.342 e. The zero-order valence-corrected chi connectivity index (χ0v) is 18.7. The molecule has 172 valence electrons. The Morgan fingerprint density at radius 2 is 1.76 bits per heavy atom. The van der Waals surface area contributed by atoms with Gasteiger partial charge in [-0.2, -0.15) is 4.98 Å². The molecule has 0 spiro atoms. The minimum atomic E-state index is -1.71. The van der Waals surface area contributed by atoms with Crippen molar-refractivity contribution in [3.8, 4) is 0 Å². The number of hydrogen-bond acceptors (Lipinski definition) is 7. The molecule has 2 atom stereocenters. The molecule has 0 saturated carbocycles. The van der Waals surface area contributed by atoms with Gasteiger partial charge in [-0.1, -0.05) is 6.07 Å². The Labute approximate surface area is 190 Å². The second-order valence-electron chi connectivity index (χ2n) is 7.31. The van der Waals surface area contributed by atoms with Crippen molar-refractivity contribution in [1.29, 1.82) is 0 Å². The Bertz CT molecular complexity index is 1220. The van der Waals surface area contributed by atoms with Crippen LogP contribution in [0.3, 0.4) is 0 Å². The molecule has 3 aromatic rings. The van der Waals surface area contributed by atoms with Crippen LogP contribution in [0.15, 0.2) is 53.6 Å². The van der Waals surface area contributed by atoms with E-state index in [1.807, 2.05) is 0 Å². The maximum Gasteiger partial charge on any atom is 0.254 e. The zero-order chi connectivity index (χ0) is 23.9. The summed E-state index contributed by atoms with van der Waals surface area (Å²) < 4.78 is 41.4. The highest BCUT2D eigenvalue weighted by Gasteiger charge is 2.40. The van der Waals surface area contributed by atoms with Crippen LogP contribution in [0, 0.1) is 11.6 Å². The van der Waals surface area contributed by atoms with Gasteiger partial charge in [0.05, 0.1) is 16.7 Å². The number of hydrogen-bond donors (Lipinski definition) is 2. The van der Waals surface area contributed by atoms with E-state index in [2.05, 4.69) is 15.3 Å². The van der Waals surface area contributed by atoms with Crippen LogP contribution in [-0.2, 0) is 15.8 Å². The minimum absolute atomic E-state index is 0.184. The fourth-order valence-corrected chi connectivity index (χ4v) is 4.21. The van der Waals surface area contributed by atoms with Gasteiger partial charge in [-0.05, 0) is 36.4 Å². The third-order valence-electron chi connectivity index (χ3n) is 5.22. The van der Waals surface area contributed by atoms with Crippen molar-refractivity contribution in [2.75, 3.05) is 36.3 Å². The van der Waals surface area contributed by atoms with E-state index < -0.39 is 34.6 Å². The molecule has 0 aliphatic carbocycles. The fourth-order valence-electron chi connectivity index (χ4n) is 3.54. The van der Waals surface area contributed by atoms with Crippen molar-refractivity contribution in [3.05, 3.63) is 65.9 Å². The maximum absolute atomic E-state index is 14.5. The quantitative estimate of drug-likeness (QED) is 0.548. The van der Waals surface area contributed by atoms with E-state index >= 15 is 0 Å². The van der Waals surface area contributed by atoms with Crippen LogP contribution in [0.25, 0.3) is 0 Å². The molecule has 33 heavy (non-hydrogen) atoms. The van der Waals surface area contributed by atoms with Crippen LogP contribution < -0.4 is 15.1 Å². The Morgan fingerprint density at radius 3 is 2.36 bits per heavy atom. The van der Waals surface area contributed by atoms with E-state index in [9.17, 15) is 23.0 Å². The summed E-state index contributed by atoms with van der Waals surface area (Å²) in [5.74, 6) is -1.67. The first-order valence-electron chi connectivity index (χ1n) is 9.72. The summed E-state index contributed by atoms with van der Waals surface area (Å²) in [4.78, 5) is 24.7. The average molecular weight is 474 g/mol. The molecule has 0 radical (unpaired) electrons. The number of carbonyl (C=O) groups excluding carboxylic acids is 1. The van der Waals surface area contributed by atoms with E-state index in [-0.39, 0.29) is 11.5 Å². The smallest absolute Gasteiger partial charge is 0.254 e. The van der Waals surface area contributed by atoms with Crippen LogP contribution in [-0.4, -0.2) is 50.9 Å². The van der Waals surface area contributed by atoms with Gasteiger partial charge in [0.25, 0.3) is 5.91 Å². The summed E-state index contributed by atoms with van der Waals surface area (Å²) in [5.41, 5.74) is 0.613. The van der Waals surface area contributed by atoms with E-state index in [0.29, 0.717) is 26.6 Å². The molecule has 12 heteroatoms. The molecule has 1 aromatic heterocycles. The second kappa shape index (κ2) is 8.81. The first-order valence-corrected chi connectivity index (χ1v) is 10.8. The predicted molar refractivity (Wildman–Crippen MR) is 119 cm³/mol. The average Bonchev–Trinajstić information content (AvgIpc) is 2.79. The number of fused-ring (bicyclic) bond motifs is 1. The lowest BCUT2D eigenvalue weighted by Crippen LogP contribution is -2.46. The Hall–Kier alpha value is -3.48. The number of hydroxylamine groups is 1. The van der Waals surface area contributed by atoms with Gasteiger partial charge in [0.2, 0.25) is 5.95 Å². The van der Waals surface area contributed by atoms with Gasteiger partial charge < -0.3 is 20.3 Å². The van der Waals surface area contributed by atoms with Crippen molar-refractivity contribution in [2.45, 2.75) is 10.9 Å². The Balaban J connectivity index is 1.66. The summed E-state index contributed by atoms with van der Waals surface area (Å²) in [6.45, 7) is 0. The number of benzene rings is 2. The topological polar surface area (TPSA) is 102 Å². The SMILES string of the molecule is CN1C(=O)C(c2c(F)cccc2F)N(C)c2nc(Nc3ccc(S(=O)N(C)O)cc3)ncc21. The molecule has 2 unspecified atom stereocenters. The van der Waals surface area contributed by atoms with Gasteiger partial charge in [-0.15, -0.1) is 4.47 Å². The zero-order valence-electron chi connectivity index (χ0n) is 17.9. The standard InChI is InChI=1S/C21H20F2N6O3S/c1-27-16-11-24-21(25-12-7-9-13(10-8-12)33(32)29(3)31)26-19(16)28(2)18(20(27)30)17-14(22)5-4-6-15(17)23/h4-11,18,31H,1-3H3,(H,24,25,26). The highest BCUT2D eigenvalue weighted by molar-refractivity contribution is 7.82. The molecule has 0 fully saturated rings. The third-order valence-corrected chi connectivity index (χ3v) is 6.38. The largest absolute Gasteiger partial charge is 0.342 e. The molecular weight excluding hydrogens is 454 g/mol. The number of carbonyl (C=O) groups is 1. The molecular formula is C21H20F2N6O3S. The normalized spacial score (nSPS) is 16.7. The summed E-state index contributed by atoms with van der Waals surface area (Å²) >= 11 is 0. The van der Waals surface area contributed by atoms with E-state index in [0.717, 1.165) is 12.1 Å². The van der Waals surface area contributed by atoms with E-state index in [1.165, 1.54) is 43.2 Å². The highest BCUT2D eigenvalue weighted by Crippen LogP contribution is 2.40. The monoisotopic (exact) mass is 474 g/mol. The van der Waals surface area contributed by atoms with Gasteiger partial charge in [0, 0.05) is 26.8 Å². The number of likely N-dealkylation sites (N-methyl/N-ethyl adjacent to an activating group) is 2. The molecule has 1 amide bonds. The van der Waals surface area contributed by atoms with E-state index in [1.54, 1.807) is 24.3 Å². The van der Waals surface area contributed by atoms with Gasteiger partial charge in [-0.3, -0.25) is 4.79 Å². The number of nitrogens with zero attached hydrogens (tertiary/aromatic N) is 5. The van der Waals surface area contributed by atoms with Crippen molar-refractivity contribution in [2.24, 2.45) is 0 Å². The van der Waals surface area contributed by atoms with Crippen LogP contribution in [0.5, 0.6) is 0 Å². The van der Waals surface area contributed by atoms with Gasteiger partial charge in [0.1, 0.15) is 23.4 Å². The van der Waals surface area contributed by atoms with Crippen LogP contribution in [0.4, 0.5) is 31.9 Å². The number of amides is 1. The van der Waals surface area contributed by atoms with Gasteiger partial charge in [-0.25, -0.2) is 18.0 Å². The third kappa shape index (κ3) is 4.15. The molecule has 2 aromatic carbocycles. The molecule has 2 heterocycles. The second-order valence-corrected chi connectivity index (χ2v) is 8.81. The molecule has 9 nitrogen and oxygen atoms in total. The van der Waals surface area contributed by atoms with Gasteiger partial charge >= 0.3 is 0 Å². The first kappa shape index (κ1) is 22.7. The lowest BCUT2D eigenvalue weighted by Gasteiger charge is -2.38. The predicted octanol–water partition coefficient (Wildman–Crippen LogP) is 3.00. The van der Waals surface area contributed by atoms with Crippen LogP contribution in [0.1, 0.15) is 11.6 Å². The number of rotatable bonds is 5. The number of anilines is 4. The first-order chi connectivity index (χ1) is 15.7. The molecule has 1 aliphatic heterocycles. The molecule has 0 bridgehead atoms. The summed E-state index contributed by atoms with van der Waals surface area (Å²) in [6, 6.07) is 8.62. The van der Waals surface area contributed by atoms with Crippen molar-refractivity contribution < 1.29 is 23.0 Å². The van der Waals surface area contributed by atoms with Gasteiger partial charge in [0.15, 0.2) is 16.8 Å². The molecule has 0 saturated heterocycles. The number of nitrogens with one attached hydrogen (secondary N) is 1. The van der Waals surface area contributed by atoms with Crippen molar-refractivity contribution in [3.63, 3.8) is 0 Å². The fraction of sp³-hybridized carbons (Fsp3) is 0.190. The lowest BCUT2D eigenvalue weighted by atomic mass is 10.0. The lowest BCUT2D eigenvalue weighted by molar-refractivity contribution is -0.120. The number of aromatic nitrogens is 2. The molecule has 2 N–H and O–H groups in total. The van der Waals surface area contributed by atoms with Crippen LogP contribution in [0.2, 0.25) is 0 Å². The van der Waals surface area contributed by atoms with Crippen LogP contribution >= 0.6 is 0 Å². The molecule has 4 rings (SSSR count). The Kier molecular flexibility index (Phi) is 6.06.